The quantitative estimate of drug-likeness (QED) is 0.115. The minimum atomic E-state index is -0.951. The molecule has 4 aromatic rings. The van der Waals surface area contributed by atoms with Crippen LogP contribution in [0.25, 0.3) is 11.1 Å². The summed E-state index contributed by atoms with van der Waals surface area (Å²) in [4.78, 5) is 25.7. The number of rotatable bonds is 11. The van der Waals surface area contributed by atoms with E-state index in [1.807, 2.05) is 60.7 Å². The van der Waals surface area contributed by atoms with E-state index >= 15 is 0 Å². The molecule has 9 heteroatoms. The number of carbonyl (C=O) groups is 2. The molecule has 52 heavy (non-hydrogen) atoms. The van der Waals surface area contributed by atoms with Crippen molar-refractivity contribution >= 4 is 23.8 Å². The first-order valence-corrected chi connectivity index (χ1v) is 19.5. The van der Waals surface area contributed by atoms with Crippen molar-refractivity contribution in [2.75, 3.05) is 5.75 Å². The molecule has 5 fully saturated rings. The minimum absolute atomic E-state index is 0.0209. The molecule has 4 saturated carbocycles. The number of carboxylic acid groups (broad SMARTS) is 1. The number of hydrogen-bond donors (Lipinski definition) is 4. The fourth-order valence-electron chi connectivity index (χ4n) is 9.43. The molecule has 4 N–H and O–H groups in total. The second-order valence-electron chi connectivity index (χ2n) is 15.3. The number of urea groups is 1. The van der Waals surface area contributed by atoms with Crippen LogP contribution in [-0.2, 0) is 22.6 Å². The van der Waals surface area contributed by atoms with Crippen LogP contribution in [0.15, 0.2) is 102 Å². The molecule has 2 amide bonds. The number of benzene rings is 4. The number of hydrogen-bond acceptors (Lipinski definition) is 6. The number of aliphatic hydroxyl groups is 1. The highest BCUT2D eigenvalue weighted by Crippen LogP contribution is 2.55. The molecule has 3 atom stereocenters. The Bertz CT molecular complexity index is 1880. The fraction of sp³-hybridized carbons (Fsp3) is 0.395. The van der Waals surface area contributed by atoms with E-state index in [0.717, 1.165) is 70.4 Å². The summed E-state index contributed by atoms with van der Waals surface area (Å²) in [5.74, 6) is 1.94. The zero-order valence-corrected chi connectivity index (χ0v) is 30.0. The van der Waals surface area contributed by atoms with Gasteiger partial charge in [-0.2, -0.15) is 0 Å². The highest BCUT2D eigenvalue weighted by Gasteiger charge is 2.51. The number of carbonyl (C=O) groups excluding carboxylic acids is 1. The van der Waals surface area contributed by atoms with Gasteiger partial charge in [0.2, 0.25) is 0 Å². The summed E-state index contributed by atoms with van der Waals surface area (Å²) in [6, 6.07) is 31.2. The Morgan fingerprint density at radius 3 is 2.15 bits per heavy atom. The van der Waals surface area contributed by atoms with E-state index < -0.39 is 12.3 Å². The van der Waals surface area contributed by atoms with Gasteiger partial charge in [0, 0.05) is 34.7 Å². The molecule has 0 radical (unpaired) electrons. The van der Waals surface area contributed by atoms with E-state index in [1.165, 1.54) is 31.0 Å². The van der Waals surface area contributed by atoms with Gasteiger partial charge in [0.1, 0.15) is 0 Å². The second-order valence-corrected chi connectivity index (χ2v) is 16.4. The van der Waals surface area contributed by atoms with Crippen LogP contribution in [0.5, 0.6) is 0 Å². The molecule has 1 heterocycles. The lowest BCUT2D eigenvalue weighted by atomic mass is 9.53. The van der Waals surface area contributed by atoms with Crippen molar-refractivity contribution in [3.05, 3.63) is 125 Å². The van der Waals surface area contributed by atoms with Crippen LogP contribution in [0.2, 0.25) is 0 Å². The van der Waals surface area contributed by atoms with Crippen molar-refractivity contribution in [1.82, 2.24) is 10.6 Å². The van der Waals surface area contributed by atoms with Crippen LogP contribution < -0.4 is 10.6 Å². The molecule has 4 bridgehead atoms. The SMILES string of the molecule is O=C(NCc1cccc(-c2cccc([C@@H]3O[C@H](CSc4ccccc4C(=O)O)C[C@H](c4ccc(CO)cc4)O3)c2)c1)NC12CC3CC(CC(C3)C1)C2. The topological polar surface area (TPSA) is 117 Å². The van der Waals surface area contributed by atoms with E-state index in [0.29, 0.717) is 23.6 Å². The molecule has 1 saturated heterocycles. The van der Waals surface area contributed by atoms with Gasteiger partial charge in [-0.1, -0.05) is 72.8 Å². The lowest BCUT2D eigenvalue weighted by Crippen LogP contribution is -2.61. The smallest absolute Gasteiger partial charge is 0.336 e. The molecular weight excluding hydrogens is 673 g/mol. The third-order valence-corrected chi connectivity index (χ3v) is 12.7. The number of aliphatic hydroxyl groups excluding tert-OH is 1. The van der Waals surface area contributed by atoms with Gasteiger partial charge in [-0.05, 0) is 108 Å². The Morgan fingerprint density at radius 1 is 0.750 bits per heavy atom. The standard InChI is InChI=1S/C43H46N2O6S/c46-25-27-11-13-32(14-12-27)38-20-36(26-52-39-10-2-1-9-37(39)40(47)48)50-41(51-38)35-8-4-7-34(19-35)33-6-3-5-28(18-33)24-44-42(49)45-43-21-29-15-30(22-43)17-31(16-29)23-43/h1-14,18-19,29-31,36,38,41,46H,15-17,20-26H2,(H,47,48)(H2,44,45,49)/t29?,30?,31?,36-,38+,41+,43?/m0/s1. The van der Waals surface area contributed by atoms with Gasteiger partial charge < -0.3 is 30.3 Å². The number of aromatic carboxylic acids is 1. The number of carboxylic acids is 1. The fourth-order valence-corrected chi connectivity index (χ4v) is 10.5. The summed E-state index contributed by atoms with van der Waals surface area (Å²) in [7, 11) is 0. The molecule has 0 aromatic heterocycles. The van der Waals surface area contributed by atoms with Crippen molar-refractivity contribution in [1.29, 1.82) is 0 Å². The largest absolute Gasteiger partial charge is 0.478 e. The molecular formula is C43H46N2O6S. The monoisotopic (exact) mass is 718 g/mol. The summed E-state index contributed by atoms with van der Waals surface area (Å²) in [5.41, 5.74) is 6.04. The predicted octanol–water partition coefficient (Wildman–Crippen LogP) is 8.65. The minimum Gasteiger partial charge on any atom is -0.478 e. The molecule has 5 aliphatic rings. The molecule has 8 nitrogen and oxygen atoms in total. The van der Waals surface area contributed by atoms with Gasteiger partial charge in [0.05, 0.1) is 24.4 Å². The zero-order valence-electron chi connectivity index (χ0n) is 29.2. The third kappa shape index (κ3) is 7.78. The van der Waals surface area contributed by atoms with Crippen LogP contribution in [0.1, 0.15) is 90.0 Å². The first-order chi connectivity index (χ1) is 25.3. The molecule has 4 aromatic carbocycles. The normalized spacial score (nSPS) is 27.6. The first kappa shape index (κ1) is 34.9. The Morgan fingerprint density at radius 2 is 1.44 bits per heavy atom. The van der Waals surface area contributed by atoms with Crippen molar-refractivity contribution in [2.24, 2.45) is 17.8 Å². The van der Waals surface area contributed by atoms with Gasteiger partial charge in [-0.3, -0.25) is 0 Å². The number of thioether (sulfide) groups is 1. The van der Waals surface area contributed by atoms with Gasteiger partial charge in [-0.15, -0.1) is 11.8 Å². The van der Waals surface area contributed by atoms with Crippen molar-refractivity contribution in [3.63, 3.8) is 0 Å². The molecule has 0 spiro atoms. The van der Waals surface area contributed by atoms with Crippen LogP contribution in [-0.4, -0.2) is 39.6 Å². The maximum atomic E-state index is 13.1. The Kier molecular flexibility index (Phi) is 10.1. The van der Waals surface area contributed by atoms with Gasteiger partial charge in [0.25, 0.3) is 0 Å². The number of ether oxygens (including phenoxy) is 2. The first-order valence-electron chi connectivity index (χ1n) is 18.5. The zero-order chi connectivity index (χ0) is 35.7. The Hall–Kier alpha value is -4.15. The maximum absolute atomic E-state index is 13.1. The van der Waals surface area contributed by atoms with Crippen LogP contribution in [0, 0.1) is 17.8 Å². The summed E-state index contributed by atoms with van der Waals surface area (Å²) in [5, 5.41) is 25.9. The summed E-state index contributed by atoms with van der Waals surface area (Å²) < 4.78 is 13.2. The molecule has 0 unspecified atom stereocenters. The van der Waals surface area contributed by atoms with Crippen molar-refractivity contribution in [2.45, 2.75) is 87.0 Å². The Balaban J connectivity index is 0.962. The van der Waals surface area contributed by atoms with Crippen molar-refractivity contribution < 1.29 is 29.3 Å². The van der Waals surface area contributed by atoms with E-state index in [-0.39, 0.29) is 35.9 Å². The summed E-state index contributed by atoms with van der Waals surface area (Å²) >= 11 is 1.48. The molecule has 1 aliphatic heterocycles. The summed E-state index contributed by atoms with van der Waals surface area (Å²) in [6.07, 6.45) is 6.91. The van der Waals surface area contributed by atoms with E-state index in [2.05, 4.69) is 34.9 Å². The highest BCUT2D eigenvalue weighted by atomic mass is 32.2. The van der Waals surface area contributed by atoms with Crippen LogP contribution in [0.4, 0.5) is 4.79 Å². The lowest BCUT2D eigenvalue weighted by Gasteiger charge is -2.56. The lowest BCUT2D eigenvalue weighted by molar-refractivity contribution is -0.245. The van der Waals surface area contributed by atoms with Gasteiger partial charge in [0.15, 0.2) is 6.29 Å². The second kappa shape index (κ2) is 15.1. The van der Waals surface area contributed by atoms with Gasteiger partial charge >= 0.3 is 12.0 Å². The van der Waals surface area contributed by atoms with E-state index in [1.54, 1.807) is 12.1 Å². The Labute approximate surface area is 309 Å². The summed E-state index contributed by atoms with van der Waals surface area (Å²) in [6.45, 7) is 0.417. The average molecular weight is 719 g/mol. The van der Waals surface area contributed by atoms with E-state index in [4.69, 9.17) is 9.47 Å². The van der Waals surface area contributed by atoms with Crippen molar-refractivity contribution in [3.8, 4) is 11.1 Å². The molecule has 4 aliphatic carbocycles. The third-order valence-electron chi connectivity index (χ3n) is 11.4. The maximum Gasteiger partial charge on any atom is 0.336 e. The van der Waals surface area contributed by atoms with Crippen LogP contribution >= 0.6 is 11.8 Å². The predicted molar refractivity (Wildman–Crippen MR) is 201 cm³/mol. The average Bonchev–Trinajstić information content (AvgIpc) is 3.16. The molecule has 270 valence electrons. The number of amides is 2. The van der Waals surface area contributed by atoms with Crippen LogP contribution in [0.3, 0.4) is 0 Å². The van der Waals surface area contributed by atoms with Gasteiger partial charge in [-0.25, -0.2) is 9.59 Å². The number of nitrogens with one attached hydrogen (secondary N) is 2. The highest BCUT2D eigenvalue weighted by molar-refractivity contribution is 7.99. The van der Waals surface area contributed by atoms with E-state index in [9.17, 15) is 19.8 Å². The molecule has 9 rings (SSSR count).